The molecular formula is C22H34N2O3. The summed E-state index contributed by atoms with van der Waals surface area (Å²) in [5, 5.41) is 13.7. The molecule has 1 aromatic rings. The first-order chi connectivity index (χ1) is 12.6. The molecule has 0 aromatic heterocycles. The molecule has 1 saturated heterocycles. The van der Waals surface area contributed by atoms with Crippen molar-refractivity contribution >= 4 is 11.8 Å². The Morgan fingerprint density at radius 2 is 1.63 bits per heavy atom. The van der Waals surface area contributed by atoms with Crippen molar-refractivity contribution in [2.75, 3.05) is 13.1 Å². The predicted molar refractivity (Wildman–Crippen MR) is 108 cm³/mol. The maximum Gasteiger partial charge on any atom is 0.255 e. The zero-order valence-electron chi connectivity index (χ0n) is 17.5. The minimum Gasteiger partial charge on any atom is -0.507 e. The molecule has 0 saturated carbocycles. The SMILES string of the molecule is CC(C)C(=O)N1CCC(NC(=O)c2cc(C(C)C)cc(C(C)C)c2O)CC1. The standard InChI is InChI=1S/C22H34N2O3/c1-13(2)16-11-18(14(3)4)20(25)19(12-16)21(26)23-17-7-9-24(10-8-17)22(27)15(5)6/h11-15,17,25H,7-10H2,1-6H3,(H,23,26). The Morgan fingerprint density at radius 3 is 2.11 bits per heavy atom. The molecule has 0 aliphatic carbocycles. The number of benzene rings is 1. The molecule has 1 aromatic carbocycles. The molecular weight excluding hydrogens is 340 g/mol. The molecule has 2 rings (SSSR count). The lowest BCUT2D eigenvalue weighted by molar-refractivity contribution is -0.135. The predicted octanol–water partition coefficient (Wildman–Crippen LogP) is 4.02. The molecule has 0 unspecified atom stereocenters. The van der Waals surface area contributed by atoms with Crippen molar-refractivity contribution in [2.24, 2.45) is 5.92 Å². The van der Waals surface area contributed by atoms with Crippen molar-refractivity contribution in [1.29, 1.82) is 0 Å². The van der Waals surface area contributed by atoms with Gasteiger partial charge in [0.2, 0.25) is 5.91 Å². The Labute approximate surface area is 163 Å². The number of carbonyl (C=O) groups excluding carboxylic acids is 2. The monoisotopic (exact) mass is 374 g/mol. The molecule has 1 aliphatic rings. The summed E-state index contributed by atoms with van der Waals surface area (Å²) in [4.78, 5) is 26.8. The van der Waals surface area contributed by atoms with E-state index in [9.17, 15) is 14.7 Å². The third kappa shape index (κ3) is 5.02. The molecule has 1 fully saturated rings. The van der Waals surface area contributed by atoms with Gasteiger partial charge < -0.3 is 15.3 Å². The molecule has 150 valence electrons. The van der Waals surface area contributed by atoms with Gasteiger partial charge in [0, 0.05) is 25.0 Å². The van der Waals surface area contributed by atoms with Crippen LogP contribution < -0.4 is 5.32 Å². The first-order valence-electron chi connectivity index (χ1n) is 10.1. The molecule has 1 heterocycles. The second-order valence-electron chi connectivity index (χ2n) is 8.54. The smallest absolute Gasteiger partial charge is 0.255 e. The summed E-state index contributed by atoms with van der Waals surface area (Å²) in [5.41, 5.74) is 2.22. The first kappa shape index (κ1) is 21.3. The zero-order valence-corrected chi connectivity index (χ0v) is 17.5. The van der Waals surface area contributed by atoms with E-state index in [2.05, 4.69) is 19.2 Å². The van der Waals surface area contributed by atoms with Gasteiger partial charge >= 0.3 is 0 Å². The minimum atomic E-state index is -0.231. The largest absolute Gasteiger partial charge is 0.507 e. The van der Waals surface area contributed by atoms with Gasteiger partial charge in [-0.3, -0.25) is 9.59 Å². The lowest BCUT2D eigenvalue weighted by atomic mass is 9.91. The Bertz CT molecular complexity index is 687. The number of phenols is 1. The quantitative estimate of drug-likeness (QED) is 0.818. The normalized spacial score (nSPS) is 15.7. The number of hydrogen-bond acceptors (Lipinski definition) is 3. The maximum absolute atomic E-state index is 12.9. The maximum atomic E-state index is 12.9. The van der Waals surface area contributed by atoms with E-state index in [-0.39, 0.29) is 41.4 Å². The molecule has 2 amide bonds. The topological polar surface area (TPSA) is 69.6 Å². The molecule has 5 heteroatoms. The van der Waals surface area contributed by atoms with Crippen molar-refractivity contribution in [3.8, 4) is 5.75 Å². The molecule has 1 aliphatic heterocycles. The minimum absolute atomic E-state index is 0.00122. The Balaban J connectivity index is 2.11. The number of hydrogen-bond donors (Lipinski definition) is 2. The van der Waals surface area contributed by atoms with E-state index in [4.69, 9.17) is 0 Å². The second kappa shape index (κ2) is 8.77. The average molecular weight is 375 g/mol. The number of piperidine rings is 1. The van der Waals surface area contributed by atoms with E-state index in [0.29, 0.717) is 18.7 Å². The van der Waals surface area contributed by atoms with Crippen LogP contribution in [-0.2, 0) is 4.79 Å². The van der Waals surface area contributed by atoms with Crippen LogP contribution in [0.4, 0.5) is 0 Å². The molecule has 0 radical (unpaired) electrons. The van der Waals surface area contributed by atoms with Gasteiger partial charge in [0.05, 0.1) is 5.56 Å². The lowest BCUT2D eigenvalue weighted by Gasteiger charge is -2.33. The Hall–Kier alpha value is -2.04. The highest BCUT2D eigenvalue weighted by Gasteiger charge is 2.27. The number of phenolic OH excluding ortho intramolecular Hbond substituents is 1. The van der Waals surface area contributed by atoms with Crippen LogP contribution in [0.15, 0.2) is 12.1 Å². The van der Waals surface area contributed by atoms with Crippen LogP contribution >= 0.6 is 0 Å². The fraction of sp³-hybridized carbons (Fsp3) is 0.636. The van der Waals surface area contributed by atoms with Crippen LogP contribution in [0, 0.1) is 5.92 Å². The molecule has 0 atom stereocenters. The number of likely N-dealkylation sites (tertiary alicyclic amines) is 1. The van der Waals surface area contributed by atoms with E-state index in [1.165, 1.54) is 0 Å². The number of rotatable bonds is 5. The highest BCUT2D eigenvalue weighted by molar-refractivity contribution is 5.97. The van der Waals surface area contributed by atoms with E-state index in [1.54, 1.807) is 6.07 Å². The van der Waals surface area contributed by atoms with Crippen molar-refractivity contribution in [1.82, 2.24) is 10.2 Å². The summed E-state index contributed by atoms with van der Waals surface area (Å²) in [5.74, 6) is 0.440. The number of carbonyl (C=O) groups is 2. The van der Waals surface area contributed by atoms with Crippen LogP contribution in [0.25, 0.3) is 0 Å². The Morgan fingerprint density at radius 1 is 1.04 bits per heavy atom. The van der Waals surface area contributed by atoms with Gasteiger partial charge in [0.25, 0.3) is 5.91 Å². The van der Waals surface area contributed by atoms with Crippen LogP contribution in [0.3, 0.4) is 0 Å². The fourth-order valence-corrected chi connectivity index (χ4v) is 3.50. The van der Waals surface area contributed by atoms with Gasteiger partial charge in [0.1, 0.15) is 5.75 Å². The second-order valence-corrected chi connectivity index (χ2v) is 8.54. The van der Waals surface area contributed by atoms with Gasteiger partial charge in [-0.2, -0.15) is 0 Å². The van der Waals surface area contributed by atoms with Gasteiger partial charge in [0.15, 0.2) is 0 Å². The lowest BCUT2D eigenvalue weighted by Crippen LogP contribution is -2.47. The molecule has 2 N–H and O–H groups in total. The average Bonchev–Trinajstić information content (AvgIpc) is 2.61. The van der Waals surface area contributed by atoms with E-state index in [0.717, 1.165) is 24.0 Å². The third-order valence-electron chi connectivity index (χ3n) is 5.33. The van der Waals surface area contributed by atoms with Crippen LogP contribution in [0.2, 0.25) is 0 Å². The van der Waals surface area contributed by atoms with E-state index < -0.39 is 0 Å². The van der Waals surface area contributed by atoms with Crippen LogP contribution in [0.1, 0.15) is 87.7 Å². The number of nitrogens with zero attached hydrogens (tertiary/aromatic N) is 1. The number of nitrogens with one attached hydrogen (secondary N) is 1. The third-order valence-corrected chi connectivity index (χ3v) is 5.33. The molecule has 5 nitrogen and oxygen atoms in total. The Kier molecular flexibility index (Phi) is 6.90. The highest BCUT2D eigenvalue weighted by atomic mass is 16.3. The summed E-state index contributed by atoms with van der Waals surface area (Å²) >= 11 is 0. The summed E-state index contributed by atoms with van der Waals surface area (Å²) in [6.45, 7) is 13.3. The van der Waals surface area contributed by atoms with Gasteiger partial charge in [-0.1, -0.05) is 47.6 Å². The number of aromatic hydroxyl groups is 1. The van der Waals surface area contributed by atoms with Gasteiger partial charge in [-0.05, 0) is 41.9 Å². The summed E-state index contributed by atoms with van der Waals surface area (Å²) in [6.07, 6.45) is 1.48. The van der Waals surface area contributed by atoms with Gasteiger partial charge in [-0.15, -0.1) is 0 Å². The summed E-state index contributed by atoms with van der Waals surface area (Å²) < 4.78 is 0. The fourth-order valence-electron chi connectivity index (χ4n) is 3.50. The molecule has 0 bridgehead atoms. The van der Waals surface area contributed by atoms with Crippen LogP contribution in [-0.4, -0.2) is 41.0 Å². The first-order valence-corrected chi connectivity index (χ1v) is 10.1. The van der Waals surface area contributed by atoms with Crippen molar-refractivity contribution in [3.63, 3.8) is 0 Å². The van der Waals surface area contributed by atoms with E-state index in [1.807, 2.05) is 38.7 Å². The molecule has 0 spiro atoms. The summed E-state index contributed by atoms with van der Waals surface area (Å²) in [6, 6.07) is 3.83. The van der Waals surface area contributed by atoms with E-state index >= 15 is 0 Å². The summed E-state index contributed by atoms with van der Waals surface area (Å²) in [7, 11) is 0. The highest BCUT2D eigenvalue weighted by Crippen LogP contribution is 2.33. The van der Waals surface area contributed by atoms with Crippen molar-refractivity contribution in [3.05, 3.63) is 28.8 Å². The van der Waals surface area contributed by atoms with Gasteiger partial charge in [-0.25, -0.2) is 0 Å². The molecule has 27 heavy (non-hydrogen) atoms. The number of amides is 2. The zero-order chi connectivity index (χ0) is 20.3. The van der Waals surface area contributed by atoms with Crippen molar-refractivity contribution < 1.29 is 14.7 Å². The van der Waals surface area contributed by atoms with Crippen molar-refractivity contribution in [2.45, 2.75) is 72.3 Å². The van der Waals surface area contributed by atoms with Crippen LogP contribution in [0.5, 0.6) is 5.75 Å².